The fraction of sp³-hybridized carbons (Fsp3) is 0.579. The predicted molar refractivity (Wildman–Crippen MR) is 92.7 cm³/mol. The van der Waals surface area contributed by atoms with Gasteiger partial charge >= 0.3 is 5.97 Å². The monoisotopic (exact) mass is 333 g/mol. The molecule has 132 valence electrons. The summed E-state index contributed by atoms with van der Waals surface area (Å²) in [6.45, 7) is 4.25. The maximum absolute atomic E-state index is 12.2. The van der Waals surface area contributed by atoms with Crippen molar-refractivity contribution < 1.29 is 19.2 Å². The Labute approximate surface area is 144 Å². The largest absolute Gasteiger partial charge is 0.469 e. The smallest absolute Gasteiger partial charge is 0.309 e. The quantitative estimate of drug-likeness (QED) is 0.718. The van der Waals surface area contributed by atoms with E-state index in [1.807, 2.05) is 18.2 Å². The van der Waals surface area contributed by atoms with E-state index in [9.17, 15) is 9.59 Å². The Kier molecular flexibility index (Phi) is 7.25. The first kappa shape index (κ1) is 18.5. The second-order valence-electron chi connectivity index (χ2n) is 6.72. The molecule has 1 aliphatic heterocycles. The number of hydrogen-bond acceptors (Lipinski definition) is 3. The minimum atomic E-state index is -0.118. The Hall–Kier alpha value is -1.88. The molecule has 0 radical (unpaired) electrons. The van der Waals surface area contributed by atoms with Crippen LogP contribution in [0.1, 0.15) is 31.7 Å². The molecule has 1 aromatic carbocycles. The minimum absolute atomic E-state index is 0.00612. The van der Waals surface area contributed by atoms with Crippen LogP contribution in [0.5, 0.6) is 0 Å². The van der Waals surface area contributed by atoms with Gasteiger partial charge in [0.05, 0.1) is 26.1 Å². The van der Waals surface area contributed by atoms with Gasteiger partial charge in [-0.2, -0.15) is 0 Å². The third-order valence-electron chi connectivity index (χ3n) is 4.75. The molecular formula is C19H29N2O3+. The van der Waals surface area contributed by atoms with Gasteiger partial charge in [-0.05, 0) is 25.3 Å². The van der Waals surface area contributed by atoms with Crippen LogP contribution < -0.4 is 10.2 Å². The highest BCUT2D eigenvalue weighted by Gasteiger charge is 2.29. The zero-order chi connectivity index (χ0) is 17.4. The lowest BCUT2D eigenvalue weighted by molar-refractivity contribution is -0.897. The van der Waals surface area contributed by atoms with E-state index in [2.05, 4.69) is 24.4 Å². The molecule has 1 aromatic rings. The van der Waals surface area contributed by atoms with Gasteiger partial charge in [-0.25, -0.2) is 0 Å². The molecule has 1 aliphatic rings. The highest BCUT2D eigenvalue weighted by molar-refractivity contribution is 5.77. The molecule has 2 rings (SSSR count). The molecule has 1 heterocycles. The molecule has 5 heteroatoms. The lowest BCUT2D eigenvalue weighted by atomic mass is 9.97. The van der Waals surface area contributed by atoms with Crippen LogP contribution in [0.4, 0.5) is 0 Å². The summed E-state index contributed by atoms with van der Waals surface area (Å²) in [5.74, 6) is -0.0123. The van der Waals surface area contributed by atoms with Gasteiger partial charge in [0.15, 0.2) is 6.54 Å². The molecule has 1 saturated heterocycles. The number of aryl methyl sites for hydroxylation is 1. The average molecular weight is 333 g/mol. The first-order valence-corrected chi connectivity index (χ1v) is 8.83. The number of carbonyl (C=O) groups excluding carboxylic acids is 2. The second-order valence-corrected chi connectivity index (χ2v) is 6.72. The summed E-state index contributed by atoms with van der Waals surface area (Å²) in [5.41, 5.74) is 1.30. The van der Waals surface area contributed by atoms with Crippen molar-refractivity contribution in [2.75, 3.05) is 26.7 Å². The zero-order valence-electron chi connectivity index (χ0n) is 14.7. The van der Waals surface area contributed by atoms with Crippen molar-refractivity contribution in [2.45, 2.75) is 38.6 Å². The van der Waals surface area contributed by atoms with Crippen molar-refractivity contribution in [1.29, 1.82) is 0 Å². The number of likely N-dealkylation sites (tertiary alicyclic amines) is 1. The number of nitrogens with one attached hydrogen (secondary N) is 2. The Balaban J connectivity index is 1.65. The van der Waals surface area contributed by atoms with E-state index in [0.29, 0.717) is 6.54 Å². The van der Waals surface area contributed by atoms with Crippen LogP contribution in [0, 0.1) is 5.92 Å². The van der Waals surface area contributed by atoms with Crippen molar-refractivity contribution in [3.63, 3.8) is 0 Å². The molecule has 5 nitrogen and oxygen atoms in total. The van der Waals surface area contributed by atoms with Gasteiger partial charge in [0, 0.05) is 18.9 Å². The summed E-state index contributed by atoms with van der Waals surface area (Å²) in [4.78, 5) is 25.0. The maximum Gasteiger partial charge on any atom is 0.309 e. The van der Waals surface area contributed by atoms with Gasteiger partial charge in [-0.3, -0.25) is 9.59 Å². The summed E-state index contributed by atoms with van der Waals surface area (Å²) < 4.78 is 4.79. The van der Waals surface area contributed by atoms with Gasteiger partial charge in [0.25, 0.3) is 5.91 Å². The number of amides is 1. The Morgan fingerprint density at radius 3 is 2.54 bits per heavy atom. The molecule has 0 aromatic heterocycles. The predicted octanol–water partition coefficient (Wildman–Crippen LogP) is 0.592. The highest BCUT2D eigenvalue weighted by atomic mass is 16.5. The van der Waals surface area contributed by atoms with Crippen LogP contribution in [0.25, 0.3) is 0 Å². The van der Waals surface area contributed by atoms with Gasteiger partial charge in [-0.15, -0.1) is 0 Å². The molecule has 0 bridgehead atoms. The first-order chi connectivity index (χ1) is 11.6. The molecule has 0 aliphatic carbocycles. The van der Waals surface area contributed by atoms with E-state index in [1.165, 1.54) is 17.6 Å². The summed E-state index contributed by atoms with van der Waals surface area (Å²) in [7, 11) is 1.44. The summed E-state index contributed by atoms with van der Waals surface area (Å²) in [6, 6.07) is 10.5. The van der Waals surface area contributed by atoms with E-state index in [-0.39, 0.29) is 23.8 Å². The van der Waals surface area contributed by atoms with Crippen molar-refractivity contribution in [2.24, 2.45) is 5.92 Å². The molecule has 2 N–H and O–H groups in total. The van der Waals surface area contributed by atoms with Crippen LogP contribution in [0.3, 0.4) is 0 Å². The Morgan fingerprint density at radius 2 is 1.92 bits per heavy atom. The van der Waals surface area contributed by atoms with Crippen molar-refractivity contribution in [3.05, 3.63) is 35.9 Å². The molecular weight excluding hydrogens is 304 g/mol. The van der Waals surface area contributed by atoms with Gasteiger partial charge in [-0.1, -0.05) is 30.3 Å². The second kappa shape index (κ2) is 9.42. The molecule has 0 spiro atoms. The van der Waals surface area contributed by atoms with Crippen molar-refractivity contribution in [1.82, 2.24) is 5.32 Å². The number of piperidine rings is 1. The number of ether oxygens (including phenoxy) is 1. The van der Waals surface area contributed by atoms with Crippen molar-refractivity contribution in [3.8, 4) is 0 Å². The topological polar surface area (TPSA) is 59.8 Å². The Morgan fingerprint density at radius 1 is 1.25 bits per heavy atom. The minimum Gasteiger partial charge on any atom is -0.469 e. The van der Waals surface area contributed by atoms with Gasteiger partial charge < -0.3 is 15.0 Å². The number of methoxy groups -OCH3 is 1. The fourth-order valence-electron chi connectivity index (χ4n) is 3.26. The van der Waals surface area contributed by atoms with E-state index in [1.54, 1.807) is 0 Å². The summed E-state index contributed by atoms with van der Waals surface area (Å²) in [5, 5.41) is 3.09. The molecule has 1 atom stereocenters. The van der Waals surface area contributed by atoms with Gasteiger partial charge in [0.1, 0.15) is 0 Å². The number of rotatable bonds is 7. The number of carbonyl (C=O) groups is 2. The summed E-state index contributed by atoms with van der Waals surface area (Å²) >= 11 is 0. The number of hydrogen-bond donors (Lipinski definition) is 2. The van der Waals surface area contributed by atoms with Crippen LogP contribution in [0.2, 0.25) is 0 Å². The third-order valence-corrected chi connectivity index (χ3v) is 4.75. The van der Waals surface area contributed by atoms with E-state index in [4.69, 9.17) is 4.74 Å². The normalized spacial score (nSPS) is 21.8. The molecule has 0 unspecified atom stereocenters. The third kappa shape index (κ3) is 5.96. The highest BCUT2D eigenvalue weighted by Crippen LogP contribution is 2.10. The van der Waals surface area contributed by atoms with Crippen LogP contribution >= 0.6 is 0 Å². The SMILES string of the molecule is COC(=O)C1CC[NH+](CC(=O)N[C@H](C)CCc2ccccc2)CC1. The first-order valence-electron chi connectivity index (χ1n) is 8.83. The van der Waals surface area contributed by atoms with Crippen LogP contribution in [0.15, 0.2) is 30.3 Å². The maximum atomic E-state index is 12.2. The van der Waals surface area contributed by atoms with Crippen LogP contribution in [-0.4, -0.2) is 44.7 Å². The number of quaternary nitrogens is 1. The van der Waals surface area contributed by atoms with E-state index < -0.39 is 0 Å². The lowest BCUT2D eigenvalue weighted by Crippen LogP contribution is -3.14. The van der Waals surface area contributed by atoms with Crippen molar-refractivity contribution >= 4 is 11.9 Å². The molecule has 1 amide bonds. The Bertz CT molecular complexity index is 525. The standard InChI is InChI=1S/C19H28N2O3/c1-15(8-9-16-6-4-3-5-7-16)20-18(22)14-21-12-10-17(11-13-21)19(23)24-2/h3-7,15,17H,8-14H2,1-2H3,(H,20,22)/p+1/t15-/m1/s1. The lowest BCUT2D eigenvalue weighted by Gasteiger charge is -2.27. The molecule has 24 heavy (non-hydrogen) atoms. The molecule has 1 fully saturated rings. The number of benzene rings is 1. The zero-order valence-corrected chi connectivity index (χ0v) is 14.7. The average Bonchev–Trinajstić information content (AvgIpc) is 2.60. The van der Waals surface area contributed by atoms with E-state index >= 15 is 0 Å². The summed E-state index contributed by atoms with van der Waals surface area (Å²) in [6.07, 6.45) is 3.52. The van der Waals surface area contributed by atoms with E-state index in [0.717, 1.165) is 38.8 Å². The molecule has 0 saturated carbocycles. The van der Waals surface area contributed by atoms with Crippen LogP contribution in [-0.2, 0) is 20.7 Å². The fourth-order valence-corrected chi connectivity index (χ4v) is 3.26. The number of esters is 1. The van der Waals surface area contributed by atoms with Gasteiger partial charge in [0.2, 0.25) is 0 Å².